The minimum absolute atomic E-state index is 0.203. The second-order valence-electron chi connectivity index (χ2n) is 6.02. The monoisotopic (exact) mass is 417 g/mol. The van der Waals surface area contributed by atoms with E-state index < -0.39 is 5.97 Å². The van der Waals surface area contributed by atoms with Crippen LogP contribution in [0.5, 0.6) is 5.75 Å². The molecule has 1 amide bonds. The Morgan fingerprint density at radius 1 is 1.07 bits per heavy atom. The zero-order chi connectivity index (χ0) is 20.4. The number of ether oxygens (including phenoxy) is 2. The average molecular weight is 418 g/mol. The van der Waals surface area contributed by atoms with Crippen LogP contribution in [0.4, 0.5) is 5.69 Å². The summed E-state index contributed by atoms with van der Waals surface area (Å²) in [5, 5.41) is 0.935. The molecule has 2 aromatic rings. The predicted octanol–water partition coefficient (Wildman–Crippen LogP) is 4.88. The highest BCUT2D eigenvalue weighted by Crippen LogP contribution is 2.38. The number of hydrogen-bond acceptors (Lipinski definition) is 4. The van der Waals surface area contributed by atoms with E-state index in [2.05, 4.69) is 0 Å². The molecule has 0 saturated heterocycles. The standard InChI is InChI=1S/C21H17Cl2NO4/c1-12-19(21(26)28-3)16(10-13-4-6-14(22)7-5-13)20(25)24(12)15-8-9-18(27-2)17(23)11-15/h4-11H,1-3H3. The van der Waals surface area contributed by atoms with Crippen molar-refractivity contribution in [3.63, 3.8) is 0 Å². The zero-order valence-electron chi connectivity index (χ0n) is 15.5. The van der Waals surface area contributed by atoms with Crippen LogP contribution in [0.2, 0.25) is 10.0 Å². The van der Waals surface area contributed by atoms with Crippen LogP contribution in [0.1, 0.15) is 12.5 Å². The Kier molecular flexibility index (Phi) is 5.77. The molecule has 0 unspecified atom stereocenters. The van der Waals surface area contributed by atoms with Crippen LogP contribution in [0, 0.1) is 0 Å². The third kappa shape index (κ3) is 3.63. The molecule has 0 fully saturated rings. The Hall–Kier alpha value is -2.76. The molecule has 0 N–H and O–H groups in total. The number of halogens is 2. The largest absolute Gasteiger partial charge is 0.495 e. The van der Waals surface area contributed by atoms with Gasteiger partial charge in [0.25, 0.3) is 5.91 Å². The number of carbonyl (C=O) groups excluding carboxylic acids is 2. The molecule has 0 aliphatic carbocycles. The molecule has 2 aromatic carbocycles. The highest BCUT2D eigenvalue weighted by molar-refractivity contribution is 6.32. The normalized spacial score (nSPS) is 15.4. The number of methoxy groups -OCH3 is 2. The quantitative estimate of drug-likeness (QED) is 0.525. The number of nitrogens with zero attached hydrogens (tertiary/aromatic N) is 1. The van der Waals surface area contributed by atoms with Gasteiger partial charge in [0.05, 0.1) is 36.1 Å². The molecule has 0 radical (unpaired) electrons. The number of allylic oxidation sites excluding steroid dienone is 1. The number of carbonyl (C=O) groups is 2. The fourth-order valence-electron chi connectivity index (χ4n) is 3.01. The first-order valence-electron chi connectivity index (χ1n) is 8.32. The van der Waals surface area contributed by atoms with Crippen LogP contribution in [-0.2, 0) is 14.3 Å². The molecule has 7 heteroatoms. The van der Waals surface area contributed by atoms with Gasteiger partial charge in [-0.2, -0.15) is 0 Å². The first-order valence-corrected chi connectivity index (χ1v) is 9.07. The highest BCUT2D eigenvalue weighted by atomic mass is 35.5. The fraction of sp³-hybridized carbons (Fsp3) is 0.143. The molecule has 0 bridgehead atoms. The minimum atomic E-state index is -0.590. The van der Waals surface area contributed by atoms with E-state index in [1.165, 1.54) is 19.1 Å². The maximum Gasteiger partial charge on any atom is 0.340 e. The van der Waals surface area contributed by atoms with E-state index in [0.717, 1.165) is 5.56 Å². The lowest BCUT2D eigenvalue weighted by Gasteiger charge is -2.19. The second kappa shape index (κ2) is 8.09. The maximum atomic E-state index is 13.2. The molecule has 0 saturated carbocycles. The van der Waals surface area contributed by atoms with Crippen LogP contribution in [0.15, 0.2) is 59.3 Å². The van der Waals surface area contributed by atoms with Crippen molar-refractivity contribution in [2.24, 2.45) is 0 Å². The summed E-state index contributed by atoms with van der Waals surface area (Å²) in [6, 6.07) is 11.9. The van der Waals surface area contributed by atoms with Gasteiger partial charge in [-0.05, 0) is 48.9 Å². The van der Waals surface area contributed by atoms with Crippen molar-refractivity contribution < 1.29 is 19.1 Å². The van der Waals surface area contributed by atoms with Gasteiger partial charge < -0.3 is 9.47 Å². The molecular weight excluding hydrogens is 401 g/mol. The molecule has 1 aliphatic rings. The number of anilines is 1. The molecule has 0 atom stereocenters. The van der Waals surface area contributed by atoms with E-state index >= 15 is 0 Å². The summed E-state index contributed by atoms with van der Waals surface area (Å²) < 4.78 is 10.1. The summed E-state index contributed by atoms with van der Waals surface area (Å²) in [5.74, 6) is -0.453. The molecule has 5 nitrogen and oxygen atoms in total. The molecule has 0 spiro atoms. The van der Waals surface area contributed by atoms with Crippen LogP contribution in [0.25, 0.3) is 6.08 Å². The summed E-state index contributed by atoms with van der Waals surface area (Å²) in [5.41, 5.74) is 2.15. The van der Waals surface area contributed by atoms with Gasteiger partial charge in [-0.1, -0.05) is 35.3 Å². The molecule has 3 rings (SSSR count). The van der Waals surface area contributed by atoms with E-state index in [1.54, 1.807) is 55.5 Å². The fourth-order valence-corrected chi connectivity index (χ4v) is 3.39. The van der Waals surface area contributed by atoms with E-state index in [0.29, 0.717) is 27.2 Å². The lowest BCUT2D eigenvalue weighted by Crippen LogP contribution is -2.24. The minimum Gasteiger partial charge on any atom is -0.495 e. The molecule has 28 heavy (non-hydrogen) atoms. The van der Waals surface area contributed by atoms with Crippen LogP contribution < -0.4 is 9.64 Å². The smallest absolute Gasteiger partial charge is 0.340 e. The molecule has 1 aliphatic heterocycles. The third-order valence-electron chi connectivity index (χ3n) is 4.36. The van der Waals surface area contributed by atoms with Gasteiger partial charge in [0.15, 0.2) is 0 Å². The van der Waals surface area contributed by atoms with Gasteiger partial charge >= 0.3 is 5.97 Å². The average Bonchev–Trinajstić information content (AvgIpc) is 2.92. The number of esters is 1. The van der Waals surface area contributed by atoms with Crippen molar-refractivity contribution in [1.82, 2.24) is 0 Å². The number of benzene rings is 2. The van der Waals surface area contributed by atoms with E-state index in [1.807, 2.05) is 0 Å². The summed E-state index contributed by atoms with van der Waals surface area (Å²) in [6.45, 7) is 1.69. The van der Waals surface area contributed by atoms with Gasteiger partial charge in [-0.25, -0.2) is 4.79 Å². The van der Waals surface area contributed by atoms with Crippen molar-refractivity contribution in [2.75, 3.05) is 19.1 Å². The first-order chi connectivity index (χ1) is 13.4. The van der Waals surface area contributed by atoms with E-state index in [-0.39, 0.29) is 17.1 Å². The zero-order valence-corrected chi connectivity index (χ0v) is 17.0. The van der Waals surface area contributed by atoms with Gasteiger partial charge in [0.1, 0.15) is 5.75 Å². The first kappa shape index (κ1) is 20.0. The summed E-state index contributed by atoms with van der Waals surface area (Å²) in [6.07, 6.45) is 1.64. The Morgan fingerprint density at radius 2 is 1.75 bits per heavy atom. The lowest BCUT2D eigenvalue weighted by atomic mass is 10.0. The molecule has 1 heterocycles. The number of hydrogen-bond donors (Lipinski definition) is 0. The van der Waals surface area contributed by atoms with Gasteiger partial charge in [0, 0.05) is 10.7 Å². The van der Waals surface area contributed by atoms with Crippen LogP contribution in [-0.4, -0.2) is 26.1 Å². The summed E-state index contributed by atoms with van der Waals surface area (Å²) >= 11 is 12.1. The summed E-state index contributed by atoms with van der Waals surface area (Å²) in [4.78, 5) is 27.0. The van der Waals surface area contributed by atoms with Gasteiger partial charge in [-0.3, -0.25) is 9.69 Å². The topological polar surface area (TPSA) is 55.8 Å². The van der Waals surface area contributed by atoms with Crippen molar-refractivity contribution in [2.45, 2.75) is 6.92 Å². The Morgan fingerprint density at radius 3 is 2.32 bits per heavy atom. The van der Waals surface area contributed by atoms with Crippen molar-refractivity contribution >= 4 is 46.8 Å². The van der Waals surface area contributed by atoms with Crippen molar-refractivity contribution in [3.8, 4) is 5.75 Å². The molecule has 144 valence electrons. The van der Waals surface area contributed by atoms with Crippen molar-refractivity contribution in [3.05, 3.63) is 74.9 Å². The predicted molar refractivity (Wildman–Crippen MR) is 110 cm³/mol. The SMILES string of the molecule is COC(=O)C1=C(C)N(c2ccc(OC)c(Cl)c2)C(=O)C1=Cc1ccc(Cl)cc1. The van der Waals surface area contributed by atoms with Gasteiger partial charge in [-0.15, -0.1) is 0 Å². The Bertz CT molecular complexity index is 1010. The van der Waals surface area contributed by atoms with E-state index in [9.17, 15) is 9.59 Å². The Labute approximate surface area is 172 Å². The molecule has 0 aromatic heterocycles. The van der Waals surface area contributed by atoms with E-state index in [4.69, 9.17) is 32.7 Å². The van der Waals surface area contributed by atoms with Gasteiger partial charge in [0.2, 0.25) is 0 Å². The lowest BCUT2D eigenvalue weighted by molar-refractivity contribution is -0.136. The Balaban J connectivity index is 2.12. The van der Waals surface area contributed by atoms with Crippen LogP contribution in [0.3, 0.4) is 0 Å². The maximum absolute atomic E-state index is 13.2. The number of rotatable bonds is 4. The number of amides is 1. The highest BCUT2D eigenvalue weighted by Gasteiger charge is 2.38. The van der Waals surface area contributed by atoms with Crippen molar-refractivity contribution in [1.29, 1.82) is 0 Å². The molecular formula is C21H17Cl2NO4. The second-order valence-corrected chi connectivity index (χ2v) is 6.86. The third-order valence-corrected chi connectivity index (χ3v) is 4.91. The van der Waals surface area contributed by atoms with Crippen LogP contribution >= 0.6 is 23.2 Å². The summed E-state index contributed by atoms with van der Waals surface area (Å²) in [7, 11) is 2.79.